The second kappa shape index (κ2) is 18.5. The molecule has 338 valence electrons. The van der Waals surface area contributed by atoms with Gasteiger partial charge in [0.25, 0.3) is 0 Å². The Morgan fingerprint density at radius 3 is 2.02 bits per heavy atom. The van der Waals surface area contributed by atoms with Gasteiger partial charge in [-0.3, -0.25) is 13.9 Å². The van der Waals surface area contributed by atoms with E-state index in [1.807, 2.05) is 36.7 Å². The Kier molecular flexibility index (Phi) is 13.0. The largest absolute Gasteiger partial charge is 0.478 e. The lowest BCUT2D eigenvalue weighted by atomic mass is 9.96. The molecule has 0 atom stereocenters. The van der Waals surface area contributed by atoms with E-state index in [1.165, 1.54) is 24.4 Å². The number of benzene rings is 5. The monoisotopic (exact) mass is 908 g/mol. The molecule has 0 aliphatic carbocycles. The number of rotatable bonds is 15. The summed E-state index contributed by atoms with van der Waals surface area (Å²) in [6.07, 6.45) is -2.64. The highest BCUT2D eigenvalue weighted by Gasteiger charge is 2.44. The number of hydrogen-bond donors (Lipinski definition) is 0. The van der Waals surface area contributed by atoms with Gasteiger partial charge >= 0.3 is 20.1 Å². The first-order valence-corrected chi connectivity index (χ1v) is 22.8. The van der Waals surface area contributed by atoms with E-state index >= 15 is 4.39 Å². The van der Waals surface area contributed by atoms with Gasteiger partial charge in [-0.1, -0.05) is 98.8 Å². The average molecular weight is 909 g/mol. The summed E-state index contributed by atoms with van der Waals surface area (Å²) in [7, 11) is -4.31. The lowest BCUT2D eigenvalue weighted by molar-refractivity contribution is -0.137. The van der Waals surface area contributed by atoms with E-state index in [0.717, 1.165) is 44.3 Å². The van der Waals surface area contributed by atoms with Crippen molar-refractivity contribution < 1.29 is 45.2 Å². The number of aromatic nitrogens is 3. The van der Waals surface area contributed by atoms with Crippen molar-refractivity contribution in [2.45, 2.75) is 85.5 Å². The van der Waals surface area contributed by atoms with Gasteiger partial charge in [-0.05, 0) is 97.3 Å². The molecule has 3 heterocycles. The smallest absolute Gasteiger partial charge is 0.421 e. The Hall–Kier alpha value is -5.89. The number of ether oxygens (including phenoxy) is 1. The van der Waals surface area contributed by atoms with Gasteiger partial charge in [-0.15, -0.1) is 0 Å². The molecule has 0 fully saturated rings. The molecule has 0 bridgehead atoms. The normalized spacial score (nSPS) is 14.0. The topological polar surface area (TPSA) is 97.0 Å². The molecule has 15 heteroatoms. The molecule has 10 nitrogen and oxygen atoms in total. The highest BCUT2D eigenvalue weighted by Crippen LogP contribution is 2.51. The van der Waals surface area contributed by atoms with Crippen molar-refractivity contribution in [3.63, 3.8) is 0 Å². The highest BCUT2D eigenvalue weighted by atomic mass is 31.2. The third-order valence-corrected chi connectivity index (χ3v) is 13.3. The van der Waals surface area contributed by atoms with E-state index in [-0.39, 0.29) is 18.7 Å². The molecule has 0 amide bonds. The van der Waals surface area contributed by atoms with Gasteiger partial charge in [0.1, 0.15) is 5.82 Å². The third-order valence-electron chi connectivity index (χ3n) is 12.0. The summed E-state index contributed by atoms with van der Waals surface area (Å²) in [6.45, 7) is 9.59. The fraction of sp³-hybridized carbons (Fsp3) is 0.280. The standard InChI is InChI=1S/C50H49F4N4O6P/c1-6-36-19-14-20-37(7-2)44(36)58-45(42-29-56(49(4,5)47(42)55-58)28-38-21-22-39(27-33(38)3)50(52,53)54)40-23-24-43(51)46-41(40)25-26-57(46)48(59)61-32-64-65(60,62-30-34-15-10-8-11-16-34)63-31-35-17-12-9-13-18-35/h8-27H,6-7,28-32H2,1-5H3. The van der Waals surface area contributed by atoms with Gasteiger partial charge < -0.3 is 4.74 Å². The van der Waals surface area contributed by atoms with Crippen molar-refractivity contribution in [2.24, 2.45) is 0 Å². The molecular weight excluding hydrogens is 860 g/mol. The lowest BCUT2D eigenvalue weighted by Crippen LogP contribution is -2.36. The summed E-state index contributed by atoms with van der Waals surface area (Å²) in [5.41, 5.74) is 7.20. The molecule has 1 aliphatic rings. The molecule has 65 heavy (non-hydrogen) atoms. The van der Waals surface area contributed by atoms with Crippen LogP contribution in [-0.4, -0.2) is 32.1 Å². The van der Waals surface area contributed by atoms with E-state index in [2.05, 4.69) is 30.9 Å². The van der Waals surface area contributed by atoms with Crippen molar-refractivity contribution in [3.8, 4) is 16.9 Å². The van der Waals surface area contributed by atoms with Crippen LogP contribution < -0.4 is 0 Å². The van der Waals surface area contributed by atoms with E-state index in [4.69, 9.17) is 23.4 Å². The van der Waals surface area contributed by atoms with Crippen LogP contribution in [0.4, 0.5) is 22.4 Å². The molecule has 7 aromatic rings. The Balaban J connectivity index is 1.13. The number of alkyl halides is 3. The number of nitrogens with zero attached hydrogens (tertiary/aromatic N) is 4. The Morgan fingerprint density at radius 2 is 1.43 bits per heavy atom. The van der Waals surface area contributed by atoms with Crippen LogP contribution in [0.15, 0.2) is 121 Å². The first-order valence-electron chi connectivity index (χ1n) is 21.4. The number of carbonyl (C=O) groups is 1. The molecule has 0 spiro atoms. The van der Waals surface area contributed by atoms with Gasteiger partial charge in [0.05, 0.1) is 46.9 Å². The van der Waals surface area contributed by atoms with Crippen LogP contribution in [0.5, 0.6) is 0 Å². The predicted molar refractivity (Wildman–Crippen MR) is 240 cm³/mol. The van der Waals surface area contributed by atoms with Crippen molar-refractivity contribution in [2.75, 3.05) is 6.79 Å². The van der Waals surface area contributed by atoms with Crippen LogP contribution >= 0.6 is 7.82 Å². The van der Waals surface area contributed by atoms with Crippen molar-refractivity contribution in [1.82, 2.24) is 19.2 Å². The van der Waals surface area contributed by atoms with Crippen LogP contribution in [-0.2, 0) is 73.7 Å². The van der Waals surface area contributed by atoms with Crippen LogP contribution in [0.1, 0.15) is 77.9 Å². The summed E-state index contributed by atoms with van der Waals surface area (Å²) < 4.78 is 96.0. The molecule has 0 radical (unpaired) electrons. The number of phosphoric ester groups is 1. The zero-order valence-corrected chi connectivity index (χ0v) is 37.6. The van der Waals surface area contributed by atoms with Gasteiger partial charge in [0.2, 0.25) is 6.79 Å². The number of hydrogen-bond acceptors (Lipinski definition) is 8. The van der Waals surface area contributed by atoms with Crippen LogP contribution in [0, 0.1) is 12.7 Å². The number of phosphoric acid groups is 1. The minimum Gasteiger partial charge on any atom is -0.421 e. The second-order valence-corrected chi connectivity index (χ2v) is 18.1. The van der Waals surface area contributed by atoms with Crippen molar-refractivity contribution in [3.05, 3.63) is 177 Å². The van der Waals surface area contributed by atoms with E-state index in [0.29, 0.717) is 59.3 Å². The molecule has 0 N–H and O–H groups in total. The SMILES string of the molecule is CCc1cccc(CC)c1-n1nc2c(c1-c1ccc(F)c3c1ccn3C(=O)OCOP(=O)(OCc1ccccc1)OCc1ccccc1)CN(Cc1ccc(C(F)(F)F)cc1C)C2(C)C. The number of halogens is 4. The minimum absolute atomic E-state index is 0.0631. The Morgan fingerprint density at radius 1 is 0.800 bits per heavy atom. The lowest BCUT2D eigenvalue weighted by Gasteiger charge is -2.32. The maximum absolute atomic E-state index is 16.2. The fourth-order valence-corrected chi connectivity index (χ4v) is 9.44. The van der Waals surface area contributed by atoms with Crippen LogP contribution in [0.2, 0.25) is 0 Å². The molecular formula is C50H49F4N4O6P. The van der Waals surface area contributed by atoms with Gasteiger partial charge in [0, 0.05) is 35.8 Å². The van der Waals surface area contributed by atoms with Gasteiger partial charge in [0.15, 0.2) is 0 Å². The van der Waals surface area contributed by atoms with Gasteiger partial charge in [-0.25, -0.2) is 27.5 Å². The number of carbonyl (C=O) groups excluding carboxylic acids is 1. The summed E-state index contributed by atoms with van der Waals surface area (Å²) in [4.78, 5) is 16.0. The molecule has 8 rings (SSSR count). The van der Waals surface area contributed by atoms with Crippen molar-refractivity contribution >= 4 is 24.8 Å². The van der Waals surface area contributed by atoms with Crippen LogP contribution in [0.25, 0.3) is 27.8 Å². The average Bonchev–Trinajstić information content (AvgIpc) is 3.98. The number of para-hydroxylation sites is 1. The summed E-state index contributed by atoms with van der Waals surface area (Å²) in [6, 6.07) is 32.6. The maximum atomic E-state index is 16.2. The molecule has 2 aromatic heterocycles. The molecule has 0 saturated carbocycles. The number of aryl methyl sites for hydroxylation is 3. The molecule has 0 saturated heterocycles. The molecule has 5 aromatic carbocycles. The predicted octanol–water partition coefficient (Wildman–Crippen LogP) is 12.8. The summed E-state index contributed by atoms with van der Waals surface area (Å²) in [5.74, 6) is -0.694. The fourth-order valence-electron chi connectivity index (χ4n) is 8.42. The second-order valence-electron chi connectivity index (χ2n) is 16.4. The van der Waals surface area contributed by atoms with E-state index < -0.39 is 43.8 Å². The Bertz CT molecular complexity index is 2830. The highest BCUT2D eigenvalue weighted by molar-refractivity contribution is 7.48. The zero-order chi connectivity index (χ0) is 46.1. The Labute approximate surface area is 374 Å². The summed E-state index contributed by atoms with van der Waals surface area (Å²) in [5, 5.41) is 5.74. The summed E-state index contributed by atoms with van der Waals surface area (Å²) >= 11 is 0. The first kappa shape index (κ1) is 45.7. The van der Waals surface area contributed by atoms with E-state index in [9.17, 15) is 22.5 Å². The maximum Gasteiger partial charge on any atom is 0.478 e. The zero-order valence-electron chi connectivity index (χ0n) is 36.7. The molecule has 1 aliphatic heterocycles. The number of fused-ring (bicyclic) bond motifs is 2. The van der Waals surface area contributed by atoms with Crippen LogP contribution in [0.3, 0.4) is 0 Å². The van der Waals surface area contributed by atoms with Gasteiger partial charge in [-0.2, -0.15) is 18.3 Å². The quantitative estimate of drug-likeness (QED) is 0.0570. The van der Waals surface area contributed by atoms with Crippen molar-refractivity contribution in [1.29, 1.82) is 0 Å². The first-order chi connectivity index (χ1) is 31.1. The van der Waals surface area contributed by atoms with E-state index in [1.54, 1.807) is 67.6 Å². The minimum atomic E-state index is -4.46. The third kappa shape index (κ3) is 9.32. The molecule has 0 unspecified atom stereocenters.